The number of halogens is 1. The fourth-order valence-corrected chi connectivity index (χ4v) is 2.14. The van der Waals surface area contributed by atoms with E-state index in [1.54, 1.807) is 12.1 Å². The molecule has 0 aromatic heterocycles. The van der Waals surface area contributed by atoms with Crippen LogP contribution in [0.2, 0.25) is 0 Å². The van der Waals surface area contributed by atoms with Crippen molar-refractivity contribution in [3.63, 3.8) is 0 Å². The first-order valence-corrected chi connectivity index (χ1v) is 6.73. The van der Waals surface area contributed by atoms with Crippen molar-refractivity contribution in [2.45, 2.75) is 19.5 Å². The Labute approximate surface area is 123 Å². The molecule has 0 saturated carbocycles. The van der Waals surface area contributed by atoms with Gasteiger partial charge in [-0.05, 0) is 18.6 Å². The number of esters is 1. The number of carbonyl (C=O) groups is 1. The van der Waals surface area contributed by atoms with Gasteiger partial charge in [0.25, 0.3) is 0 Å². The van der Waals surface area contributed by atoms with Crippen molar-refractivity contribution < 1.29 is 13.9 Å². The maximum absolute atomic E-state index is 14.0. The van der Waals surface area contributed by atoms with Gasteiger partial charge in [0.1, 0.15) is 11.9 Å². The summed E-state index contributed by atoms with van der Waals surface area (Å²) in [5.74, 6) is -0.924. The molecule has 2 aromatic carbocycles. The SMILES string of the molecule is COC(=O)C(NCc1ccccc1)c1cc(C)ccc1F. The van der Waals surface area contributed by atoms with E-state index in [9.17, 15) is 9.18 Å². The van der Waals surface area contributed by atoms with Crippen molar-refractivity contribution in [1.82, 2.24) is 5.32 Å². The smallest absolute Gasteiger partial charge is 0.327 e. The number of hydrogen-bond acceptors (Lipinski definition) is 3. The third-order valence-corrected chi connectivity index (χ3v) is 3.25. The number of hydrogen-bond donors (Lipinski definition) is 1. The van der Waals surface area contributed by atoms with E-state index in [4.69, 9.17) is 4.74 Å². The Morgan fingerprint density at radius 2 is 1.95 bits per heavy atom. The van der Waals surface area contributed by atoms with E-state index >= 15 is 0 Å². The van der Waals surface area contributed by atoms with Crippen LogP contribution in [0.25, 0.3) is 0 Å². The minimum Gasteiger partial charge on any atom is -0.468 e. The van der Waals surface area contributed by atoms with Crippen molar-refractivity contribution in [3.05, 3.63) is 71.0 Å². The molecule has 0 bridgehead atoms. The molecule has 0 spiro atoms. The van der Waals surface area contributed by atoms with E-state index in [2.05, 4.69) is 5.32 Å². The number of benzene rings is 2. The zero-order valence-electron chi connectivity index (χ0n) is 12.1. The van der Waals surface area contributed by atoms with E-state index in [1.807, 2.05) is 37.3 Å². The molecule has 2 rings (SSSR count). The van der Waals surface area contributed by atoms with Crippen molar-refractivity contribution in [1.29, 1.82) is 0 Å². The first-order valence-electron chi connectivity index (χ1n) is 6.73. The molecule has 2 aromatic rings. The minimum atomic E-state index is -0.824. The molecule has 1 atom stereocenters. The second-order valence-corrected chi connectivity index (χ2v) is 4.85. The summed E-state index contributed by atoms with van der Waals surface area (Å²) in [4.78, 5) is 11.9. The Kier molecular flexibility index (Phi) is 5.06. The van der Waals surface area contributed by atoms with E-state index in [0.29, 0.717) is 12.1 Å². The van der Waals surface area contributed by atoms with Crippen LogP contribution in [0.5, 0.6) is 0 Å². The van der Waals surface area contributed by atoms with Gasteiger partial charge >= 0.3 is 5.97 Å². The predicted octanol–water partition coefficient (Wildman–Crippen LogP) is 3.14. The summed E-state index contributed by atoms with van der Waals surface area (Å²) in [6, 6.07) is 13.5. The Bertz CT molecular complexity index is 613. The van der Waals surface area contributed by atoms with Crippen LogP contribution >= 0.6 is 0 Å². The van der Waals surface area contributed by atoms with Crippen LogP contribution in [-0.4, -0.2) is 13.1 Å². The molecule has 0 aliphatic heterocycles. The zero-order chi connectivity index (χ0) is 15.2. The van der Waals surface area contributed by atoms with Gasteiger partial charge in [0.05, 0.1) is 7.11 Å². The second-order valence-electron chi connectivity index (χ2n) is 4.85. The van der Waals surface area contributed by atoms with E-state index < -0.39 is 17.8 Å². The Hall–Kier alpha value is -2.20. The molecular formula is C17H18FNO2. The summed E-state index contributed by atoms with van der Waals surface area (Å²) in [7, 11) is 1.30. The average molecular weight is 287 g/mol. The van der Waals surface area contributed by atoms with Gasteiger partial charge in [-0.2, -0.15) is 0 Å². The Morgan fingerprint density at radius 1 is 1.24 bits per heavy atom. The zero-order valence-corrected chi connectivity index (χ0v) is 12.1. The molecule has 0 radical (unpaired) electrons. The van der Waals surface area contributed by atoms with Crippen LogP contribution < -0.4 is 5.32 Å². The molecule has 0 aliphatic rings. The fraction of sp³-hybridized carbons (Fsp3) is 0.235. The molecule has 0 heterocycles. The molecule has 0 amide bonds. The van der Waals surface area contributed by atoms with E-state index in [0.717, 1.165) is 11.1 Å². The van der Waals surface area contributed by atoms with Gasteiger partial charge in [0.15, 0.2) is 0 Å². The van der Waals surface area contributed by atoms with Crippen molar-refractivity contribution >= 4 is 5.97 Å². The van der Waals surface area contributed by atoms with Gasteiger partial charge in [-0.1, -0.05) is 48.0 Å². The van der Waals surface area contributed by atoms with Crippen LogP contribution in [-0.2, 0) is 16.1 Å². The molecule has 4 heteroatoms. The van der Waals surface area contributed by atoms with E-state index in [-0.39, 0.29) is 0 Å². The number of nitrogens with one attached hydrogen (secondary N) is 1. The van der Waals surface area contributed by atoms with Gasteiger partial charge in [0.2, 0.25) is 0 Å². The first kappa shape index (κ1) is 15.2. The number of ether oxygens (including phenoxy) is 1. The van der Waals surface area contributed by atoms with Crippen LogP contribution in [0.3, 0.4) is 0 Å². The quantitative estimate of drug-likeness (QED) is 0.859. The van der Waals surface area contributed by atoms with Gasteiger partial charge in [-0.15, -0.1) is 0 Å². The molecule has 110 valence electrons. The maximum atomic E-state index is 14.0. The molecule has 1 N–H and O–H groups in total. The standard InChI is InChI=1S/C17H18FNO2/c1-12-8-9-15(18)14(10-12)16(17(20)21-2)19-11-13-6-4-3-5-7-13/h3-10,16,19H,11H2,1-2H3. The highest BCUT2D eigenvalue weighted by molar-refractivity contribution is 5.77. The Morgan fingerprint density at radius 3 is 2.62 bits per heavy atom. The Balaban J connectivity index is 2.22. The monoisotopic (exact) mass is 287 g/mol. The van der Waals surface area contributed by atoms with Crippen molar-refractivity contribution in [3.8, 4) is 0 Å². The van der Waals surface area contributed by atoms with Gasteiger partial charge in [-0.3, -0.25) is 5.32 Å². The molecule has 0 saturated heterocycles. The topological polar surface area (TPSA) is 38.3 Å². The highest BCUT2D eigenvalue weighted by Gasteiger charge is 2.24. The number of methoxy groups -OCH3 is 1. The summed E-state index contributed by atoms with van der Waals surface area (Å²) < 4.78 is 18.8. The van der Waals surface area contributed by atoms with Crippen molar-refractivity contribution in [2.75, 3.05) is 7.11 Å². The third-order valence-electron chi connectivity index (χ3n) is 3.25. The lowest BCUT2D eigenvalue weighted by atomic mass is 10.0. The van der Waals surface area contributed by atoms with E-state index in [1.165, 1.54) is 13.2 Å². The number of carbonyl (C=O) groups excluding carboxylic acids is 1. The summed E-state index contributed by atoms with van der Waals surface area (Å²) >= 11 is 0. The molecule has 21 heavy (non-hydrogen) atoms. The predicted molar refractivity (Wildman–Crippen MR) is 79.2 cm³/mol. The number of rotatable bonds is 5. The van der Waals surface area contributed by atoms with Crippen LogP contribution in [0.15, 0.2) is 48.5 Å². The lowest BCUT2D eigenvalue weighted by Gasteiger charge is -2.18. The lowest BCUT2D eigenvalue weighted by Crippen LogP contribution is -2.30. The summed E-state index contributed by atoms with van der Waals surface area (Å²) in [5.41, 5.74) is 2.21. The first-order chi connectivity index (χ1) is 10.1. The normalized spacial score (nSPS) is 12.0. The average Bonchev–Trinajstić information content (AvgIpc) is 2.51. The summed E-state index contributed by atoms with van der Waals surface area (Å²) in [6.45, 7) is 2.31. The summed E-state index contributed by atoms with van der Waals surface area (Å²) in [5, 5.41) is 3.06. The fourth-order valence-electron chi connectivity index (χ4n) is 2.14. The highest BCUT2D eigenvalue weighted by atomic mass is 19.1. The molecule has 0 aliphatic carbocycles. The second kappa shape index (κ2) is 6.99. The highest BCUT2D eigenvalue weighted by Crippen LogP contribution is 2.20. The number of aryl methyl sites for hydroxylation is 1. The van der Waals surface area contributed by atoms with Gasteiger partial charge < -0.3 is 4.74 Å². The molecular weight excluding hydrogens is 269 g/mol. The third kappa shape index (κ3) is 3.89. The summed E-state index contributed by atoms with van der Waals surface area (Å²) in [6.07, 6.45) is 0. The molecule has 1 unspecified atom stereocenters. The molecule has 0 fully saturated rings. The van der Waals surface area contributed by atoms with Gasteiger partial charge in [0, 0.05) is 12.1 Å². The van der Waals surface area contributed by atoms with Crippen molar-refractivity contribution in [2.24, 2.45) is 0 Å². The largest absolute Gasteiger partial charge is 0.468 e. The van der Waals surface area contributed by atoms with Gasteiger partial charge in [-0.25, -0.2) is 9.18 Å². The maximum Gasteiger partial charge on any atom is 0.327 e. The van der Waals surface area contributed by atoms with Crippen LogP contribution in [0.4, 0.5) is 4.39 Å². The molecule has 3 nitrogen and oxygen atoms in total. The minimum absolute atomic E-state index is 0.304. The van der Waals surface area contributed by atoms with Crippen LogP contribution in [0, 0.1) is 12.7 Å². The van der Waals surface area contributed by atoms with Crippen LogP contribution in [0.1, 0.15) is 22.7 Å². The lowest BCUT2D eigenvalue weighted by molar-refractivity contribution is -0.143.